The first-order chi connectivity index (χ1) is 17.9. The first-order valence-electron chi connectivity index (χ1n) is 11.1. The van der Waals surface area contributed by atoms with Crippen LogP contribution in [0.3, 0.4) is 0 Å². The number of esters is 2. The van der Waals surface area contributed by atoms with Crippen LogP contribution in [0.4, 0.5) is 13.2 Å². The average Bonchev–Trinajstić information content (AvgIpc) is 2.86. The minimum absolute atomic E-state index is 0.126. The fourth-order valence-electron chi connectivity index (χ4n) is 2.91. The van der Waals surface area contributed by atoms with Crippen LogP contribution in [0.2, 0.25) is 0 Å². The van der Waals surface area contributed by atoms with Gasteiger partial charge in [0.05, 0.1) is 5.56 Å². The van der Waals surface area contributed by atoms with Crippen molar-refractivity contribution in [1.82, 2.24) is 0 Å². The van der Waals surface area contributed by atoms with Gasteiger partial charge in [0.2, 0.25) is 0 Å². The summed E-state index contributed by atoms with van der Waals surface area (Å²) in [5.74, 6) is 9.92. The normalized spacial score (nSPS) is 10.2. The Morgan fingerprint density at radius 2 is 1.13 bits per heavy atom. The van der Waals surface area contributed by atoms with Gasteiger partial charge in [-0.25, -0.2) is 9.59 Å². The van der Waals surface area contributed by atoms with E-state index in [1.54, 1.807) is 30.3 Å². The number of carbonyl (C=O) groups is 2. The molecule has 3 aromatic rings. The lowest BCUT2D eigenvalue weighted by Crippen LogP contribution is -2.08. The fraction of sp³-hybridized carbons (Fsp3) is 0.0968. The van der Waals surface area contributed by atoms with Gasteiger partial charge in [0.15, 0.2) is 0 Å². The molecule has 0 atom stereocenters. The average molecular weight is 514 g/mol. The summed E-state index contributed by atoms with van der Waals surface area (Å²) < 4.78 is 51.7. The molecule has 3 aromatic carbocycles. The molecule has 0 aliphatic carbocycles. The molecule has 0 fully saturated rings. The molecular weight excluding hydrogens is 493 g/mol. The van der Waals surface area contributed by atoms with E-state index in [0.717, 1.165) is 6.07 Å². The number of hydrogen-bond acceptors (Lipinski definition) is 4. The molecule has 0 N–H and O–H groups in total. The molecule has 0 aliphatic heterocycles. The summed E-state index contributed by atoms with van der Waals surface area (Å²) in [4.78, 5) is 23.4. The molecule has 0 saturated heterocycles. The maximum atomic E-state index is 13.8. The van der Waals surface area contributed by atoms with E-state index >= 15 is 0 Å². The van der Waals surface area contributed by atoms with Crippen LogP contribution in [-0.2, 0) is 15.8 Å². The van der Waals surface area contributed by atoms with Crippen LogP contribution in [0.1, 0.15) is 41.7 Å². The van der Waals surface area contributed by atoms with Crippen molar-refractivity contribution in [2.75, 3.05) is 0 Å². The summed E-state index contributed by atoms with van der Waals surface area (Å²) in [6.45, 7) is 10.0. The van der Waals surface area contributed by atoms with Gasteiger partial charge < -0.3 is 9.47 Å². The second-order valence-electron chi connectivity index (χ2n) is 8.15. The summed E-state index contributed by atoms with van der Waals surface area (Å²) in [6, 6.07) is 16.0. The van der Waals surface area contributed by atoms with Crippen molar-refractivity contribution in [1.29, 1.82) is 0 Å². The van der Waals surface area contributed by atoms with Crippen LogP contribution in [0, 0.1) is 23.7 Å². The van der Waals surface area contributed by atoms with E-state index in [4.69, 9.17) is 9.47 Å². The first kappa shape index (κ1) is 27.6. The summed E-state index contributed by atoms with van der Waals surface area (Å²) in [5, 5.41) is 0. The molecular formula is C31H21F3O4. The lowest BCUT2D eigenvalue weighted by molar-refractivity contribution is -0.137. The van der Waals surface area contributed by atoms with E-state index in [0.29, 0.717) is 11.1 Å². The molecule has 0 unspecified atom stereocenters. The van der Waals surface area contributed by atoms with Crippen LogP contribution in [0.5, 0.6) is 11.5 Å². The smallest absolute Gasteiger partial charge is 0.417 e. The Bertz CT molecular complexity index is 1560. The molecule has 0 spiro atoms. The van der Waals surface area contributed by atoms with Gasteiger partial charge in [-0.3, -0.25) is 0 Å². The lowest BCUT2D eigenvalue weighted by Gasteiger charge is -2.09. The highest BCUT2D eigenvalue weighted by atomic mass is 19.4. The zero-order chi connectivity index (χ0) is 27.9. The summed E-state index contributed by atoms with van der Waals surface area (Å²) >= 11 is 0. The largest absolute Gasteiger partial charge is 0.423 e. The number of hydrogen-bond donors (Lipinski definition) is 0. The van der Waals surface area contributed by atoms with Gasteiger partial charge >= 0.3 is 18.1 Å². The number of rotatable bonds is 4. The second kappa shape index (κ2) is 11.8. The number of halogens is 3. The van der Waals surface area contributed by atoms with E-state index in [1.807, 2.05) is 0 Å². The molecule has 38 heavy (non-hydrogen) atoms. The molecule has 0 amide bonds. The van der Waals surface area contributed by atoms with Crippen molar-refractivity contribution < 1.29 is 32.2 Å². The standard InChI is InChI=1S/C31H21F3O4/c1-20(2)29(35)37-26-9-5-7-22(17-26)11-12-24-14-16-25(28(19-24)31(32,33)34)15-13-23-8-6-10-27(18-23)38-30(36)21(3)4/h5-10,14,16-19H,1,3H2,2,4H3. The lowest BCUT2D eigenvalue weighted by atomic mass is 10.0. The predicted molar refractivity (Wildman–Crippen MR) is 137 cm³/mol. The van der Waals surface area contributed by atoms with Crippen LogP contribution in [-0.4, -0.2) is 11.9 Å². The Hall–Kier alpha value is -5.01. The van der Waals surface area contributed by atoms with Crippen LogP contribution < -0.4 is 9.47 Å². The minimum atomic E-state index is -4.67. The van der Waals surface area contributed by atoms with Gasteiger partial charge in [-0.2, -0.15) is 13.2 Å². The maximum absolute atomic E-state index is 13.8. The number of carbonyl (C=O) groups excluding carboxylic acids is 2. The zero-order valence-electron chi connectivity index (χ0n) is 20.5. The maximum Gasteiger partial charge on any atom is 0.417 e. The predicted octanol–water partition coefficient (Wildman–Crippen LogP) is 6.47. The molecule has 4 nitrogen and oxygen atoms in total. The molecule has 7 heteroatoms. The van der Waals surface area contributed by atoms with E-state index < -0.39 is 23.7 Å². The van der Waals surface area contributed by atoms with Crippen molar-refractivity contribution in [3.8, 4) is 35.2 Å². The third-order valence-electron chi connectivity index (χ3n) is 4.80. The van der Waals surface area contributed by atoms with E-state index in [-0.39, 0.29) is 33.8 Å². The number of benzene rings is 3. The van der Waals surface area contributed by atoms with Crippen LogP contribution >= 0.6 is 0 Å². The van der Waals surface area contributed by atoms with Crippen molar-refractivity contribution in [2.45, 2.75) is 20.0 Å². The highest BCUT2D eigenvalue weighted by Crippen LogP contribution is 2.32. The van der Waals surface area contributed by atoms with Crippen LogP contribution in [0.25, 0.3) is 0 Å². The first-order valence-corrected chi connectivity index (χ1v) is 11.1. The van der Waals surface area contributed by atoms with Crippen molar-refractivity contribution >= 4 is 11.9 Å². The van der Waals surface area contributed by atoms with E-state index in [9.17, 15) is 22.8 Å². The zero-order valence-corrected chi connectivity index (χ0v) is 20.5. The summed E-state index contributed by atoms with van der Waals surface area (Å²) in [6.07, 6.45) is -4.67. The Kier molecular flexibility index (Phi) is 8.57. The molecule has 0 bridgehead atoms. The quantitative estimate of drug-likeness (QED) is 0.173. The third kappa shape index (κ3) is 7.74. The Morgan fingerprint density at radius 1 is 0.684 bits per heavy atom. The van der Waals surface area contributed by atoms with Gasteiger partial charge in [-0.05, 0) is 68.4 Å². The molecule has 3 rings (SSSR count). The highest BCUT2D eigenvalue weighted by molar-refractivity contribution is 5.89. The fourth-order valence-corrected chi connectivity index (χ4v) is 2.91. The van der Waals surface area contributed by atoms with Crippen molar-refractivity contribution in [3.63, 3.8) is 0 Å². The van der Waals surface area contributed by atoms with Crippen molar-refractivity contribution in [2.24, 2.45) is 0 Å². The van der Waals surface area contributed by atoms with Gasteiger partial charge in [0, 0.05) is 33.4 Å². The SMILES string of the molecule is C=C(C)C(=O)Oc1cccc(C#Cc2ccc(C#Cc3cccc(OC(=O)C(=C)C)c3)c(C(F)(F)F)c2)c1. The summed E-state index contributed by atoms with van der Waals surface area (Å²) in [5.41, 5.74) is 0.192. The minimum Gasteiger partial charge on any atom is -0.423 e. The number of ether oxygens (including phenoxy) is 2. The van der Waals surface area contributed by atoms with Crippen molar-refractivity contribution in [3.05, 3.63) is 119 Å². The van der Waals surface area contributed by atoms with Gasteiger partial charge in [-0.1, -0.05) is 49.0 Å². The summed E-state index contributed by atoms with van der Waals surface area (Å²) in [7, 11) is 0. The molecule has 0 heterocycles. The van der Waals surface area contributed by atoms with Gasteiger partial charge in [0.1, 0.15) is 11.5 Å². The Labute approximate surface area is 218 Å². The van der Waals surface area contributed by atoms with E-state index in [2.05, 4.69) is 36.8 Å². The highest BCUT2D eigenvalue weighted by Gasteiger charge is 2.33. The second-order valence-corrected chi connectivity index (χ2v) is 8.15. The Balaban J connectivity index is 1.88. The molecule has 190 valence electrons. The van der Waals surface area contributed by atoms with E-state index in [1.165, 1.54) is 44.2 Å². The molecule has 0 radical (unpaired) electrons. The molecule has 0 aromatic heterocycles. The molecule has 0 aliphatic rings. The topological polar surface area (TPSA) is 52.6 Å². The van der Waals surface area contributed by atoms with Gasteiger partial charge in [-0.15, -0.1) is 0 Å². The molecule has 0 saturated carbocycles. The van der Waals surface area contributed by atoms with Crippen LogP contribution in [0.15, 0.2) is 91.0 Å². The monoisotopic (exact) mass is 514 g/mol. The van der Waals surface area contributed by atoms with Gasteiger partial charge in [0.25, 0.3) is 0 Å². The number of alkyl halides is 3. The third-order valence-corrected chi connectivity index (χ3v) is 4.80. The Morgan fingerprint density at radius 3 is 1.58 bits per heavy atom.